The van der Waals surface area contributed by atoms with Crippen LogP contribution >= 0.6 is 0 Å². The summed E-state index contributed by atoms with van der Waals surface area (Å²) in [7, 11) is 0. The summed E-state index contributed by atoms with van der Waals surface area (Å²) in [5.41, 5.74) is 2.16. The van der Waals surface area contributed by atoms with Gasteiger partial charge < -0.3 is 4.74 Å². The van der Waals surface area contributed by atoms with Gasteiger partial charge in [0.15, 0.2) is 0 Å². The predicted molar refractivity (Wildman–Crippen MR) is 92.7 cm³/mol. The summed E-state index contributed by atoms with van der Waals surface area (Å²) < 4.78 is 5.71. The quantitative estimate of drug-likeness (QED) is 0.560. The van der Waals surface area contributed by atoms with E-state index in [-0.39, 0.29) is 0 Å². The van der Waals surface area contributed by atoms with Crippen molar-refractivity contribution < 1.29 is 4.74 Å². The summed E-state index contributed by atoms with van der Waals surface area (Å²) in [6.45, 7) is 0.566. The van der Waals surface area contributed by atoms with E-state index in [0.29, 0.717) is 12.6 Å². The highest BCUT2D eigenvalue weighted by atomic mass is 16.5. The molecule has 0 saturated carbocycles. The molecule has 4 rings (SSSR count). The molecule has 4 aromatic rings. The summed E-state index contributed by atoms with van der Waals surface area (Å²) in [4.78, 5) is 8.68. The third-order valence-corrected chi connectivity index (χ3v) is 3.90. The predicted octanol–water partition coefficient (Wildman–Crippen LogP) is 4.40. The second-order valence-corrected chi connectivity index (χ2v) is 5.49. The second-order valence-electron chi connectivity index (χ2n) is 5.49. The van der Waals surface area contributed by atoms with Gasteiger partial charge in [-0.25, -0.2) is 4.98 Å². The first-order valence-corrected chi connectivity index (χ1v) is 7.71. The number of ether oxygens (including phenoxy) is 1. The highest BCUT2D eigenvalue weighted by Gasteiger charge is 2.02. The maximum absolute atomic E-state index is 5.71. The molecule has 0 saturated heterocycles. The second kappa shape index (κ2) is 6.05. The SMILES string of the molecule is c1ccc2cc(CCOc3ncc4ccccc4n3)ccc2c1. The van der Waals surface area contributed by atoms with Gasteiger partial charge in [-0.15, -0.1) is 0 Å². The Morgan fingerprint density at radius 2 is 1.57 bits per heavy atom. The van der Waals surface area contributed by atoms with Gasteiger partial charge in [0.1, 0.15) is 0 Å². The van der Waals surface area contributed by atoms with E-state index in [1.165, 1.54) is 16.3 Å². The smallest absolute Gasteiger partial charge is 0.316 e. The molecule has 3 heteroatoms. The molecular formula is C20H16N2O. The Morgan fingerprint density at radius 1 is 0.783 bits per heavy atom. The van der Waals surface area contributed by atoms with Crippen molar-refractivity contribution in [3.8, 4) is 6.01 Å². The Morgan fingerprint density at radius 3 is 2.48 bits per heavy atom. The molecule has 0 radical (unpaired) electrons. The number of benzene rings is 3. The fourth-order valence-electron chi connectivity index (χ4n) is 2.68. The van der Waals surface area contributed by atoms with Crippen molar-refractivity contribution in [1.29, 1.82) is 0 Å². The van der Waals surface area contributed by atoms with Crippen molar-refractivity contribution in [1.82, 2.24) is 9.97 Å². The zero-order valence-corrected chi connectivity index (χ0v) is 12.6. The molecular weight excluding hydrogens is 284 g/mol. The third kappa shape index (κ3) is 2.99. The van der Waals surface area contributed by atoms with Crippen molar-refractivity contribution in [3.05, 3.63) is 78.5 Å². The fourth-order valence-corrected chi connectivity index (χ4v) is 2.68. The van der Waals surface area contributed by atoms with Crippen LogP contribution in [0, 0.1) is 0 Å². The maximum Gasteiger partial charge on any atom is 0.316 e. The molecule has 3 aromatic carbocycles. The highest BCUT2D eigenvalue weighted by Crippen LogP contribution is 2.17. The monoisotopic (exact) mass is 300 g/mol. The normalized spacial score (nSPS) is 11.0. The van der Waals surface area contributed by atoms with Crippen molar-refractivity contribution >= 4 is 21.7 Å². The Hall–Kier alpha value is -2.94. The average molecular weight is 300 g/mol. The lowest BCUT2D eigenvalue weighted by atomic mass is 10.1. The lowest BCUT2D eigenvalue weighted by Gasteiger charge is -2.06. The molecule has 0 unspecified atom stereocenters. The van der Waals surface area contributed by atoms with Gasteiger partial charge in [0.25, 0.3) is 0 Å². The molecule has 0 amide bonds. The minimum Gasteiger partial charge on any atom is -0.463 e. The third-order valence-electron chi connectivity index (χ3n) is 3.90. The van der Waals surface area contributed by atoms with Crippen LogP contribution in [-0.4, -0.2) is 16.6 Å². The molecule has 1 heterocycles. The molecule has 0 aliphatic carbocycles. The van der Waals surface area contributed by atoms with Crippen LogP contribution in [0.25, 0.3) is 21.7 Å². The minimum absolute atomic E-state index is 0.435. The first-order chi connectivity index (χ1) is 11.4. The molecule has 0 spiro atoms. The lowest BCUT2D eigenvalue weighted by Crippen LogP contribution is -2.04. The van der Waals surface area contributed by atoms with Crippen LogP contribution in [0.3, 0.4) is 0 Å². The van der Waals surface area contributed by atoms with E-state index < -0.39 is 0 Å². The van der Waals surface area contributed by atoms with Gasteiger partial charge in [0, 0.05) is 18.0 Å². The van der Waals surface area contributed by atoms with Crippen molar-refractivity contribution in [2.75, 3.05) is 6.61 Å². The number of para-hydroxylation sites is 1. The van der Waals surface area contributed by atoms with Crippen LogP contribution < -0.4 is 4.74 Å². The molecule has 23 heavy (non-hydrogen) atoms. The van der Waals surface area contributed by atoms with E-state index in [1.807, 2.05) is 24.3 Å². The topological polar surface area (TPSA) is 35.0 Å². The Kier molecular flexibility index (Phi) is 3.60. The lowest BCUT2D eigenvalue weighted by molar-refractivity contribution is 0.297. The Labute approximate surface area is 134 Å². The first kappa shape index (κ1) is 13.7. The Balaban J connectivity index is 1.45. The first-order valence-electron chi connectivity index (χ1n) is 7.71. The van der Waals surface area contributed by atoms with Crippen molar-refractivity contribution in [2.24, 2.45) is 0 Å². The van der Waals surface area contributed by atoms with E-state index in [0.717, 1.165) is 17.3 Å². The van der Waals surface area contributed by atoms with Crippen molar-refractivity contribution in [2.45, 2.75) is 6.42 Å². The van der Waals surface area contributed by atoms with Crippen LogP contribution in [0.2, 0.25) is 0 Å². The van der Waals surface area contributed by atoms with Crippen LogP contribution in [0.4, 0.5) is 0 Å². The summed E-state index contributed by atoms with van der Waals surface area (Å²) in [5, 5.41) is 3.54. The number of aromatic nitrogens is 2. The van der Waals surface area contributed by atoms with Gasteiger partial charge in [0.2, 0.25) is 0 Å². The van der Waals surface area contributed by atoms with Gasteiger partial charge in [-0.3, -0.25) is 0 Å². The Bertz CT molecular complexity index is 886. The zero-order valence-electron chi connectivity index (χ0n) is 12.6. The van der Waals surface area contributed by atoms with Crippen LogP contribution in [0.1, 0.15) is 5.56 Å². The summed E-state index contributed by atoms with van der Waals surface area (Å²) in [6, 6.07) is 23.2. The van der Waals surface area contributed by atoms with E-state index in [1.54, 1.807) is 6.20 Å². The van der Waals surface area contributed by atoms with E-state index in [9.17, 15) is 0 Å². The number of nitrogens with zero attached hydrogens (tertiary/aromatic N) is 2. The van der Waals surface area contributed by atoms with Gasteiger partial charge in [-0.1, -0.05) is 60.7 Å². The summed E-state index contributed by atoms with van der Waals surface area (Å²) >= 11 is 0. The number of fused-ring (bicyclic) bond motifs is 2. The minimum atomic E-state index is 0.435. The fraction of sp³-hybridized carbons (Fsp3) is 0.100. The molecule has 0 aliphatic heterocycles. The number of hydrogen-bond acceptors (Lipinski definition) is 3. The van der Waals surface area contributed by atoms with Crippen LogP contribution in [-0.2, 0) is 6.42 Å². The van der Waals surface area contributed by atoms with Gasteiger partial charge in [0.05, 0.1) is 12.1 Å². The number of hydrogen-bond donors (Lipinski definition) is 0. The summed E-state index contributed by atoms with van der Waals surface area (Å²) in [6.07, 6.45) is 2.63. The molecule has 1 aromatic heterocycles. The molecule has 0 fully saturated rings. The molecule has 0 atom stereocenters. The van der Waals surface area contributed by atoms with E-state index in [4.69, 9.17) is 4.74 Å². The van der Waals surface area contributed by atoms with Crippen LogP contribution in [0.5, 0.6) is 6.01 Å². The van der Waals surface area contributed by atoms with Gasteiger partial charge >= 0.3 is 6.01 Å². The largest absolute Gasteiger partial charge is 0.463 e. The molecule has 0 bridgehead atoms. The van der Waals surface area contributed by atoms with Gasteiger partial charge in [-0.05, 0) is 22.4 Å². The van der Waals surface area contributed by atoms with Gasteiger partial charge in [-0.2, -0.15) is 4.98 Å². The standard InChI is InChI=1S/C20H16N2O/c1-2-6-17-13-15(9-10-16(17)5-1)11-12-23-20-21-14-18-7-3-4-8-19(18)22-20/h1-10,13-14H,11-12H2. The van der Waals surface area contributed by atoms with E-state index >= 15 is 0 Å². The molecule has 0 N–H and O–H groups in total. The highest BCUT2D eigenvalue weighted by molar-refractivity contribution is 5.83. The number of rotatable bonds is 4. The maximum atomic E-state index is 5.71. The summed E-state index contributed by atoms with van der Waals surface area (Å²) in [5.74, 6) is 0. The van der Waals surface area contributed by atoms with Crippen LogP contribution in [0.15, 0.2) is 72.9 Å². The molecule has 0 aliphatic rings. The zero-order chi connectivity index (χ0) is 15.5. The molecule has 112 valence electrons. The van der Waals surface area contributed by atoms with Crippen molar-refractivity contribution in [3.63, 3.8) is 0 Å². The van der Waals surface area contributed by atoms with E-state index in [2.05, 4.69) is 52.4 Å². The molecule has 3 nitrogen and oxygen atoms in total. The average Bonchev–Trinajstić information content (AvgIpc) is 2.61.